The fraction of sp³-hybridized carbons (Fsp3) is 0.160. The first-order chi connectivity index (χ1) is 15.0. The SMILES string of the molecule is COc1ccccc1/C(O)=C1\C(=O)C(=O)N(Cc2cccnc2)C1c1ccc(C)cc1. The number of hydrogen-bond acceptors (Lipinski definition) is 5. The van der Waals surface area contributed by atoms with Crippen LogP contribution in [0.15, 0.2) is 78.6 Å². The summed E-state index contributed by atoms with van der Waals surface area (Å²) in [5.74, 6) is -1.22. The number of methoxy groups -OCH3 is 1. The second kappa shape index (κ2) is 8.44. The number of pyridine rings is 1. The van der Waals surface area contributed by atoms with E-state index in [0.29, 0.717) is 11.3 Å². The van der Waals surface area contributed by atoms with Crippen molar-refractivity contribution < 1.29 is 19.4 Å². The van der Waals surface area contributed by atoms with Gasteiger partial charge in [-0.15, -0.1) is 0 Å². The zero-order chi connectivity index (χ0) is 22.0. The Bertz CT molecular complexity index is 1150. The predicted octanol–water partition coefficient (Wildman–Crippen LogP) is 4.02. The zero-order valence-corrected chi connectivity index (χ0v) is 17.3. The molecule has 0 bridgehead atoms. The number of nitrogens with zero attached hydrogens (tertiary/aromatic N) is 2. The number of carbonyl (C=O) groups is 2. The standard InChI is InChI=1S/C25H22N2O4/c1-16-9-11-18(12-10-16)22-21(23(28)19-7-3-4-8-20(19)31-2)24(29)25(30)27(22)15-17-6-5-13-26-14-17/h3-14,22,28H,15H2,1-2H3/b23-21+. The monoisotopic (exact) mass is 414 g/mol. The summed E-state index contributed by atoms with van der Waals surface area (Å²) in [7, 11) is 1.49. The molecule has 0 aliphatic carbocycles. The van der Waals surface area contributed by atoms with Crippen molar-refractivity contribution in [2.75, 3.05) is 7.11 Å². The molecule has 1 N–H and O–H groups in total. The third kappa shape index (κ3) is 3.80. The third-order valence-electron chi connectivity index (χ3n) is 5.37. The number of para-hydroxylation sites is 1. The van der Waals surface area contributed by atoms with Gasteiger partial charge < -0.3 is 14.7 Å². The van der Waals surface area contributed by atoms with Gasteiger partial charge in [-0.1, -0.05) is 48.0 Å². The van der Waals surface area contributed by atoms with Gasteiger partial charge in [-0.2, -0.15) is 0 Å². The Morgan fingerprint density at radius 3 is 2.48 bits per heavy atom. The van der Waals surface area contributed by atoms with Crippen molar-refractivity contribution in [3.63, 3.8) is 0 Å². The van der Waals surface area contributed by atoms with Crippen LogP contribution >= 0.6 is 0 Å². The Hall–Kier alpha value is -3.93. The normalized spacial score (nSPS) is 17.7. The number of amides is 1. The van der Waals surface area contributed by atoms with E-state index in [2.05, 4.69) is 4.98 Å². The van der Waals surface area contributed by atoms with E-state index in [1.165, 1.54) is 12.0 Å². The topological polar surface area (TPSA) is 79.7 Å². The largest absolute Gasteiger partial charge is 0.507 e. The molecule has 4 rings (SSSR count). The fourth-order valence-corrected chi connectivity index (χ4v) is 3.81. The number of hydrogen-bond donors (Lipinski definition) is 1. The molecule has 31 heavy (non-hydrogen) atoms. The maximum atomic E-state index is 13.1. The molecule has 0 spiro atoms. The summed E-state index contributed by atoms with van der Waals surface area (Å²) in [6.45, 7) is 2.16. The van der Waals surface area contributed by atoms with Crippen molar-refractivity contribution >= 4 is 17.4 Å². The molecule has 0 saturated carbocycles. The average Bonchev–Trinajstić information content (AvgIpc) is 3.04. The molecule has 1 unspecified atom stereocenters. The lowest BCUT2D eigenvalue weighted by Gasteiger charge is -2.25. The smallest absolute Gasteiger partial charge is 0.295 e. The molecule has 1 fully saturated rings. The summed E-state index contributed by atoms with van der Waals surface area (Å²) in [5.41, 5.74) is 2.99. The number of aryl methyl sites for hydroxylation is 1. The van der Waals surface area contributed by atoms with E-state index >= 15 is 0 Å². The first kappa shape index (κ1) is 20.3. The van der Waals surface area contributed by atoms with Crippen LogP contribution < -0.4 is 4.74 Å². The lowest BCUT2D eigenvalue weighted by atomic mass is 9.94. The lowest BCUT2D eigenvalue weighted by Crippen LogP contribution is -2.29. The van der Waals surface area contributed by atoms with Crippen molar-refractivity contribution in [1.82, 2.24) is 9.88 Å². The van der Waals surface area contributed by atoms with Crippen molar-refractivity contribution in [3.05, 3.63) is 101 Å². The van der Waals surface area contributed by atoms with E-state index in [-0.39, 0.29) is 17.9 Å². The highest BCUT2D eigenvalue weighted by molar-refractivity contribution is 6.46. The van der Waals surface area contributed by atoms with Gasteiger partial charge in [0, 0.05) is 18.9 Å². The van der Waals surface area contributed by atoms with Crippen LogP contribution in [0.4, 0.5) is 0 Å². The number of likely N-dealkylation sites (tertiary alicyclic amines) is 1. The molecule has 1 aromatic heterocycles. The van der Waals surface area contributed by atoms with E-state index in [0.717, 1.165) is 16.7 Å². The summed E-state index contributed by atoms with van der Waals surface area (Å²) in [6.07, 6.45) is 3.31. The Morgan fingerprint density at radius 1 is 1.06 bits per heavy atom. The number of aliphatic hydroxyl groups excluding tert-OH is 1. The minimum atomic E-state index is -0.731. The Balaban J connectivity index is 1.89. The van der Waals surface area contributed by atoms with Gasteiger partial charge in [0.25, 0.3) is 11.7 Å². The number of ether oxygens (including phenoxy) is 1. The first-order valence-electron chi connectivity index (χ1n) is 9.88. The van der Waals surface area contributed by atoms with Gasteiger partial charge in [-0.05, 0) is 36.2 Å². The highest BCUT2D eigenvalue weighted by Gasteiger charge is 2.46. The lowest BCUT2D eigenvalue weighted by molar-refractivity contribution is -0.140. The predicted molar refractivity (Wildman–Crippen MR) is 116 cm³/mol. The molecule has 6 heteroatoms. The van der Waals surface area contributed by atoms with Crippen LogP contribution in [0.5, 0.6) is 5.75 Å². The molecule has 2 heterocycles. The molecule has 3 aromatic rings. The van der Waals surface area contributed by atoms with Crippen molar-refractivity contribution in [2.45, 2.75) is 19.5 Å². The van der Waals surface area contributed by atoms with Crippen LogP contribution in [0, 0.1) is 6.92 Å². The van der Waals surface area contributed by atoms with Gasteiger partial charge in [0.1, 0.15) is 11.5 Å². The molecule has 156 valence electrons. The maximum Gasteiger partial charge on any atom is 0.295 e. The van der Waals surface area contributed by atoms with Crippen LogP contribution in [-0.4, -0.2) is 33.8 Å². The van der Waals surface area contributed by atoms with Crippen LogP contribution in [-0.2, 0) is 16.1 Å². The van der Waals surface area contributed by atoms with Crippen LogP contribution in [0.2, 0.25) is 0 Å². The quantitative estimate of drug-likeness (QED) is 0.388. The molecule has 1 aliphatic rings. The minimum Gasteiger partial charge on any atom is -0.507 e. The molecular formula is C25H22N2O4. The highest BCUT2D eigenvalue weighted by atomic mass is 16.5. The number of rotatable bonds is 5. The number of ketones is 1. The van der Waals surface area contributed by atoms with E-state index in [1.807, 2.05) is 37.3 Å². The Kier molecular flexibility index (Phi) is 5.54. The Morgan fingerprint density at radius 2 is 1.81 bits per heavy atom. The number of aliphatic hydroxyl groups is 1. The maximum absolute atomic E-state index is 13.1. The summed E-state index contributed by atoms with van der Waals surface area (Å²) >= 11 is 0. The van der Waals surface area contributed by atoms with E-state index < -0.39 is 17.7 Å². The second-order valence-corrected chi connectivity index (χ2v) is 7.40. The van der Waals surface area contributed by atoms with Crippen molar-refractivity contribution in [1.29, 1.82) is 0 Å². The molecular weight excluding hydrogens is 392 g/mol. The molecule has 1 aliphatic heterocycles. The van der Waals surface area contributed by atoms with E-state index in [9.17, 15) is 14.7 Å². The molecule has 6 nitrogen and oxygen atoms in total. The molecule has 2 aromatic carbocycles. The molecule has 1 amide bonds. The number of benzene rings is 2. The summed E-state index contributed by atoms with van der Waals surface area (Å²) < 4.78 is 5.36. The number of Topliss-reactive ketones (excluding diaryl/α,β-unsaturated/α-hetero) is 1. The van der Waals surface area contributed by atoms with Gasteiger partial charge in [0.2, 0.25) is 0 Å². The fourth-order valence-electron chi connectivity index (χ4n) is 3.81. The number of carbonyl (C=O) groups excluding carboxylic acids is 2. The Labute approximate surface area is 180 Å². The van der Waals surface area contributed by atoms with Crippen LogP contribution in [0.25, 0.3) is 5.76 Å². The minimum absolute atomic E-state index is 0.0437. The van der Waals surface area contributed by atoms with Crippen LogP contribution in [0.1, 0.15) is 28.3 Å². The van der Waals surface area contributed by atoms with Gasteiger partial charge in [-0.25, -0.2) is 0 Å². The molecule has 0 radical (unpaired) electrons. The summed E-state index contributed by atoms with van der Waals surface area (Å²) in [5, 5.41) is 11.2. The number of aromatic nitrogens is 1. The zero-order valence-electron chi connectivity index (χ0n) is 17.3. The second-order valence-electron chi connectivity index (χ2n) is 7.40. The third-order valence-corrected chi connectivity index (χ3v) is 5.37. The summed E-state index contributed by atoms with van der Waals surface area (Å²) in [4.78, 5) is 31.7. The van der Waals surface area contributed by atoms with Gasteiger partial charge in [-0.3, -0.25) is 14.6 Å². The van der Waals surface area contributed by atoms with Gasteiger partial charge in [0.05, 0.1) is 24.3 Å². The van der Waals surface area contributed by atoms with E-state index in [4.69, 9.17) is 4.74 Å². The van der Waals surface area contributed by atoms with Crippen molar-refractivity contribution in [2.24, 2.45) is 0 Å². The van der Waals surface area contributed by atoms with E-state index in [1.54, 1.807) is 42.7 Å². The van der Waals surface area contributed by atoms with Gasteiger partial charge >= 0.3 is 0 Å². The first-order valence-corrected chi connectivity index (χ1v) is 9.88. The molecule has 1 atom stereocenters. The van der Waals surface area contributed by atoms with Crippen LogP contribution in [0.3, 0.4) is 0 Å². The highest BCUT2D eigenvalue weighted by Crippen LogP contribution is 2.41. The van der Waals surface area contributed by atoms with Gasteiger partial charge in [0.15, 0.2) is 0 Å². The average molecular weight is 414 g/mol. The molecule has 1 saturated heterocycles. The summed E-state index contributed by atoms with van der Waals surface area (Å²) in [6, 6.07) is 17.3. The van der Waals surface area contributed by atoms with Crippen molar-refractivity contribution in [3.8, 4) is 5.75 Å².